The molecular formula is C20H16F6N6. The minimum Gasteiger partial charge on any atom is -0.367 e. The third-order valence-electron chi connectivity index (χ3n) is 4.76. The maximum absolute atomic E-state index is 13.1. The molecule has 6 nitrogen and oxygen atoms in total. The lowest BCUT2D eigenvalue weighted by atomic mass is 10.2. The fourth-order valence-corrected chi connectivity index (χ4v) is 2.94. The normalized spacial score (nSPS) is 18.3. The predicted octanol–water partition coefficient (Wildman–Crippen LogP) is 5.54. The number of nitrogens with zero attached hydrogens (tertiary/aromatic N) is 4. The van der Waals surface area contributed by atoms with Crippen LogP contribution in [0.1, 0.15) is 24.7 Å². The van der Waals surface area contributed by atoms with E-state index >= 15 is 0 Å². The average Bonchev–Trinajstić information content (AvgIpc) is 3.41. The molecule has 1 fully saturated rings. The first-order valence-electron chi connectivity index (χ1n) is 9.49. The maximum atomic E-state index is 13.1. The Morgan fingerprint density at radius 2 is 1.56 bits per heavy atom. The Balaban J connectivity index is 1.71. The van der Waals surface area contributed by atoms with E-state index in [-0.39, 0.29) is 29.1 Å². The van der Waals surface area contributed by atoms with E-state index in [1.165, 1.54) is 24.3 Å². The zero-order chi connectivity index (χ0) is 23.1. The molecule has 0 amide bonds. The molecule has 0 bridgehead atoms. The number of rotatable bonds is 5. The van der Waals surface area contributed by atoms with Crippen LogP contribution in [-0.2, 0) is 12.4 Å². The maximum Gasteiger partial charge on any atom is 0.433 e. The number of alkyl halides is 6. The highest BCUT2D eigenvalue weighted by Crippen LogP contribution is 2.34. The van der Waals surface area contributed by atoms with E-state index in [9.17, 15) is 26.3 Å². The number of hydrogen-bond donors (Lipinski definition) is 2. The van der Waals surface area contributed by atoms with Crippen LogP contribution in [0.15, 0.2) is 42.6 Å². The van der Waals surface area contributed by atoms with Crippen LogP contribution in [0, 0.1) is 5.92 Å². The standard InChI is InChI=1S/C20H16F6N6/c1-10-7-13(10)30-17-9-16(28-11-5-6-27-15(8-11)20(24,25)26)31-18(32-17)12-3-2-4-14(29-12)19(21,22)23/h2-6,8-10,13H,7H2,1H3,(H2,27,28,30,31,32). The van der Waals surface area contributed by atoms with Gasteiger partial charge in [-0.25, -0.2) is 15.0 Å². The van der Waals surface area contributed by atoms with Crippen LogP contribution in [0.5, 0.6) is 0 Å². The molecule has 168 valence electrons. The summed E-state index contributed by atoms with van der Waals surface area (Å²) in [4.78, 5) is 15.3. The van der Waals surface area contributed by atoms with Gasteiger partial charge in [0.15, 0.2) is 5.82 Å². The Bertz CT molecular complexity index is 1130. The molecule has 12 heteroatoms. The van der Waals surface area contributed by atoms with Crippen molar-refractivity contribution in [3.05, 3.63) is 54.0 Å². The van der Waals surface area contributed by atoms with Gasteiger partial charge in [0, 0.05) is 24.0 Å². The van der Waals surface area contributed by atoms with Gasteiger partial charge in [-0.3, -0.25) is 4.98 Å². The lowest BCUT2D eigenvalue weighted by Crippen LogP contribution is -2.11. The molecule has 2 unspecified atom stereocenters. The van der Waals surface area contributed by atoms with Crippen molar-refractivity contribution < 1.29 is 26.3 Å². The molecule has 0 saturated heterocycles. The van der Waals surface area contributed by atoms with E-state index in [4.69, 9.17) is 0 Å². The first-order valence-corrected chi connectivity index (χ1v) is 9.49. The van der Waals surface area contributed by atoms with Crippen LogP contribution in [0.25, 0.3) is 11.5 Å². The van der Waals surface area contributed by atoms with E-state index in [1.54, 1.807) is 0 Å². The van der Waals surface area contributed by atoms with Crippen molar-refractivity contribution in [1.82, 2.24) is 19.9 Å². The molecule has 1 aliphatic rings. The number of pyridine rings is 2. The summed E-state index contributed by atoms with van der Waals surface area (Å²) in [5, 5.41) is 5.88. The molecule has 2 atom stereocenters. The van der Waals surface area contributed by atoms with E-state index in [0.29, 0.717) is 11.7 Å². The Hall–Kier alpha value is -3.44. The molecule has 32 heavy (non-hydrogen) atoms. The molecule has 4 rings (SSSR count). The lowest BCUT2D eigenvalue weighted by Gasteiger charge is -2.13. The van der Waals surface area contributed by atoms with Gasteiger partial charge in [0.2, 0.25) is 0 Å². The summed E-state index contributed by atoms with van der Waals surface area (Å²) in [6.45, 7) is 2.02. The predicted molar refractivity (Wildman–Crippen MR) is 104 cm³/mol. The second-order valence-electron chi connectivity index (χ2n) is 7.38. The van der Waals surface area contributed by atoms with Gasteiger partial charge in [-0.1, -0.05) is 13.0 Å². The summed E-state index contributed by atoms with van der Waals surface area (Å²) in [5.41, 5.74) is -2.27. The van der Waals surface area contributed by atoms with Crippen LogP contribution in [0.2, 0.25) is 0 Å². The highest BCUT2D eigenvalue weighted by atomic mass is 19.4. The van der Waals surface area contributed by atoms with Crippen LogP contribution in [-0.4, -0.2) is 26.0 Å². The number of anilines is 3. The Morgan fingerprint density at radius 3 is 2.22 bits per heavy atom. The molecular weight excluding hydrogens is 438 g/mol. The van der Waals surface area contributed by atoms with Gasteiger partial charge in [0.1, 0.15) is 28.7 Å². The molecule has 0 aromatic carbocycles. The molecule has 2 N–H and O–H groups in total. The highest BCUT2D eigenvalue weighted by Gasteiger charge is 2.34. The third-order valence-corrected chi connectivity index (χ3v) is 4.76. The van der Waals surface area contributed by atoms with Crippen molar-refractivity contribution >= 4 is 17.3 Å². The van der Waals surface area contributed by atoms with Gasteiger partial charge in [-0.15, -0.1) is 0 Å². The van der Waals surface area contributed by atoms with Crippen LogP contribution in [0.3, 0.4) is 0 Å². The topological polar surface area (TPSA) is 75.6 Å². The number of hydrogen-bond acceptors (Lipinski definition) is 6. The second kappa shape index (κ2) is 7.92. The highest BCUT2D eigenvalue weighted by molar-refractivity contribution is 5.64. The van der Waals surface area contributed by atoms with Gasteiger partial charge >= 0.3 is 12.4 Å². The smallest absolute Gasteiger partial charge is 0.367 e. The van der Waals surface area contributed by atoms with Gasteiger partial charge < -0.3 is 10.6 Å². The van der Waals surface area contributed by atoms with E-state index in [1.807, 2.05) is 6.92 Å². The first kappa shape index (κ1) is 21.8. The second-order valence-corrected chi connectivity index (χ2v) is 7.38. The average molecular weight is 454 g/mol. The number of halogens is 6. The summed E-state index contributed by atoms with van der Waals surface area (Å²) in [6.07, 6.45) is -7.40. The van der Waals surface area contributed by atoms with Crippen molar-refractivity contribution in [3.8, 4) is 11.5 Å². The van der Waals surface area contributed by atoms with Gasteiger partial charge in [-0.05, 0) is 36.6 Å². The summed E-state index contributed by atoms with van der Waals surface area (Å²) < 4.78 is 78.0. The molecule has 1 aliphatic carbocycles. The SMILES string of the molecule is CC1CC1Nc1cc(Nc2ccnc(C(F)(F)F)c2)nc(-c2cccc(C(F)(F)F)n2)n1. The summed E-state index contributed by atoms with van der Waals surface area (Å²) in [7, 11) is 0. The molecule has 0 spiro atoms. The molecule has 3 aromatic rings. The third kappa shape index (κ3) is 5.06. The minimum absolute atomic E-state index is 0.0553. The molecule has 3 heterocycles. The van der Waals surface area contributed by atoms with Gasteiger partial charge in [0.25, 0.3) is 0 Å². The van der Waals surface area contributed by atoms with Gasteiger partial charge in [0.05, 0.1) is 0 Å². The Morgan fingerprint density at radius 1 is 0.875 bits per heavy atom. The first-order chi connectivity index (χ1) is 15.0. The molecule has 0 aliphatic heterocycles. The summed E-state index contributed by atoms with van der Waals surface area (Å²) >= 11 is 0. The quantitative estimate of drug-likeness (QED) is 0.494. The van der Waals surface area contributed by atoms with E-state index in [0.717, 1.165) is 24.8 Å². The van der Waals surface area contributed by atoms with Gasteiger partial charge in [-0.2, -0.15) is 26.3 Å². The molecule has 1 saturated carbocycles. The minimum atomic E-state index is -4.65. The summed E-state index contributed by atoms with van der Waals surface area (Å²) in [6, 6.07) is 7.06. The zero-order valence-electron chi connectivity index (χ0n) is 16.5. The molecule has 0 radical (unpaired) electrons. The largest absolute Gasteiger partial charge is 0.433 e. The van der Waals surface area contributed by atoms with Crippen molar-refractivity contribution in [2.75, 3.05) is 10.6 Å². The van der Waals surface area contributed by atoms with Crippen LogP contribution < -0.4 is 10.6 Å². The van der Waals surface area contributed by atoms with E-state index < -0.39 is 23.7 Å². The fraction of sp³-hybridized carbons (Fsp3) is 0.300. The lowest BCUT2D eigenvalue weighted by molar-refractivity contribution is -0.141. The fourth-order valence-electron chi connectivity index (χ4n) is 2.94. The van der Waals surface area contributed by atoms with Crippen molar-refractivity contribution in [1.29, 1.82) is 0 Å². The van der Waals surface area contributed by atoms with Crippen molar-refractivity contribution in [2.45, 2.75) is 31.7 Å². The Labute approximate surface area is 178 Å². The number of aromatic nitrogens is 4. The summed E-state index contributed by atoms with van der Waals surface area (Å²) in [5.74, 6) is 0.688. The number of nitrogens with one attached hydrogen (secondary N) is 2. The molecule has 3 aromatic heterocycles. The monoisotopic (exact) mass is 454 g/mol. The van der Waals surface area contributed by atoms with Crippen molar-refractivity contribution in [2.24, 2.45) is 5.92 Å². The Kier molecular flexibility index (Phi) is 5.39. The van der Waals surface area contributed by atoms with Crippen molar-refractivity contribution in [3.63, 3.8) is 0 Å². The van der Waals surface area contributed by atoms with Crippen LogP contribution in [0.4, 0.5) is 43.7 Å². The zero-order valence-corrected chi connectivity index (χ0v) is 16.5. The van der Waals surface area contributed by atoms with E-state index in [2.05, 4.69) is 30.6 Å². The van der Waals surface area contributed by atoms with Crippen LogP contribution >= 0.6 is 0 Å².